The molecule has 0 fully saturated rings. The van der Waals surface area contributed by atoms with E-state index >= 15 is 0 Å². The molecule has 1 heterocycles. The van der Waals surface area contributed by atoms with Gasteiger partial charge in [0, 0.05) is 16.6 Å². The molecule has 1 aromatic heterocycles. The summed E-state index contributed by atoms with van der Waals surface area (Å²) in [6.07, 6.45) is 0. The summed E-state index contributed by atoms with van der Waals surface area (Å²) in [7, 11) is 0. The second-order valence-corrected chi connectivity index (χ2v) is 13.3. The van der Waals surface area contributed by atoms with Gasteiger partial charge in [0.2, 0.25) is 0 Å². The summed E-state index contributed by atoms with van der Waals surface area (Å²) >= 11 is 0. The predicted octanol–water partition coefficient (Wildman–Crippen LogP) is 14.4. The number of nitrogens with zero attached hydrogens (tertiary/aromatic N) is 1. The molecule has 2 nitrogen and oxygen atoms in total. The van der Waals surface area contributed by atoms with Crippen LogP contribution >= 0.6 is 0 Å². The quantitative estimate of drug-likeness (QED) is 0.176. The zero-order valence-electron chi connectivity index (χ0n) is 28.4. The van der Waals surface area contributed by atoms with Crippen molar-refractivity contribution in [2.24, 2.45) is 0 Å². The zero-order chi connectivity index (χ0) is 34.4. The monoisotopic (exact) mass is 663 g/mol. The van der Waals surface area contributed by atoms with E-state index in [1.54, 1.807) is 0 Å². The van der Waals surface area contributed by atoms with Crippen LogP contribution < -0.4 is 4.90 Å². The van der Waals surface area contributed by atoms with E-state index in [1.807, 2.05) is 6.07 Å². The molecule has 0 saturated carbocycles. The van der Waals surface area contributed by atoms with Crippen molar-refractivity contribution in [2.45, 2.75) is 0 Å². The molecule has 0 aliphatic rings. The predicted molar refractivity (Wildman–Crippen MR) is 220 cm³/mol. The van der Waals surface area contributed by atoms with Crippen molar-refractivity contribution in [2.75, 3.05) is 4.90 Å². The van der Waals surface area contributed by atoms with Gasteiger partial charge in [-0.1, -0.05) is 158 Å². The highest BCUT2D eigenvalue weighted by atomic mass is 16.3. The fourth-order valence-electron chi connectivity index (χ4n) is 7.76. The lowest BCUT2D eigenvalue weighted by molar-refractivity contribution is 0.669. The Morgan fingerprint density at radius 3 is 1.79 bits per heavy atom. The van der Waals surface area contributed by atoms with Crippen LogP contribution in [0, 0.1) is 0 Å². The van der Waals surface area contributed by atoms with E-state index in [-0.39, 0.29) is 0 Å². The topological polar surface area (TPSA) is 16.4 Å². The molecule has 0 bridgehead atoms. The summed E-state index contributed by atoms with van der Waals surface area (Å²) in [5.74, 6) is 0. The molecule has 0 radical (unpaired) electrons. The van der Waals surface area contributed by atoms with Crippen LogP contribution in [0.3, 0.4) is 0 Å². The van der Waals surface area contributed by atoms with Gasteiger partial charge >= 0.3 is 0 Å². The summed E-state index contributed by atoms with van der Waals surface area (Å²) in [6.45, 7) is 0. The SMILES string of the molecule is c1cc(-c2ccc3ccccc3c2)cc(N(c2ccccc2-c2ccc(-c3cccc4ccccc34)cc2)c2cccc3oc4ccccc4c23)c1. The van der Waals surface area contributed by atoms with Crippen LogP contribution in [0.1, 0.15) is 0 Å². The fourth-order valence-corrected chi connectivity index (χ4v) is 7.76. The van der Waals surface area contributed by atoms with E-state index < -0.39 is 0 Å². The Balaban J connectivity index is 1.16. The van der Waals surface area contributed by atoms with Crippen molar-refractivity contribution in [3.8, 4) is 33.4 Å². The van der Waals surface area contributed by atoms with E-state index in [0.29, 0.717) is 0 Å². The Kier molecular flexibility index (Phi) is 7.18. The van der Waals surface area contributed by atoms with Crippen LogP contribution in [0.5, 0.6) is 0 Å². The lowest BCUT2D eigenvalue weighted by Gasteiger charge is -2.29. The number of fused-ring (bicyclic) bond motifs is 5. The third-order valence-corrected chi connectivity index (χ3v) is 10.3. The molecular formula is C50H33NO. The maximum atomic E-state index is 6.42. The minimum atomic E-state index is 0.867. The Morgan fingerprint density at radius 1 is 0.327 bits per heavy atom. The first kappa shape index (κ1) is 30.0. The van der Waals surface area contributed by atoms with E-state index in [1.165, 1.54) is 38.2 Å². The van der Waals surface area contributed by atoms with Crippen LogP contribution in [0.2, 0.25) is 0 Å². The largest absolute Gasteiger partial charge is 0.456 e. The molecule has 0 aliphatic heterocycles. The molecule has 10 rings (SSSR count). The van der Waals surface area contributed by atoms with Crippen molar-refractivity contribution < 1.29 is 4.42 Å². The molecular weight excluding hydrogens is 631 g/mol. The molecule has 52 heavy (non-hydrogen) atoms. The first-order chi connectivity index (χ1) is 25.8. The smallest absolute Gasteiger partial charge is 0.137 e. The van der Waals surface area contributed by atoms with Crippen LogP contribution in [0.25, 0.3) is 76.9 Å². The molecule has 0 atom stereocenters. The molecule has 2 heteroatoms. The van der Waals surface area contributed by atoms with Crippen LogP contribution in [0.15, 0.2) is 205 Å². The van der Waals surface area contributed by atoms with E-state index in [2.05, 4.69) is 199 Å². The van der Waals surface area contributed by atoms with Gasteiger partial charge in [-0.05, 0) is 91.8 Å². The molecule has 0 N–H and O–H groups in total. The Morgan fingerprint density at radius 2 is 0.904 bits per heavy atom. The van der Waals surface area contributed by atoms with Gasteiger partial charge in [0.25, 0.3) is 0 Å². The van der Waals surface area contributed by atoms with Gasteiger partial charge in [-0.25, -0.2) is 0 Å². The number of anilines is 3. The van der Waals surface area contributed by atoms with Gasteiger partial charge < -0.3 is 9.32 Å². The second-order valence-electron chi connectivity index (χ2n) is 13.3. The maximum absolute atomic E-state index is 6.42. The molecule has 244 valence electrons. The number of para-hydroxylation sites is 2. The summed E-state index contributed by atoms with van der Waals surface area (Å²) < 4.78 is 6.42. The molecule has 0 aliphatic carbocycles. The highest BCUT2D eigenvalue weighted by molar-refractivity contribution is 6.14. The summed E-state index contributed by atoms with van der Waals surface area (Å²) in [6, 6.07) is 71.8. The molecule has 0 spiro atoms. The van der Waals surface area contributed by atoms with Crippen LogP contribution in [0.4, 0.5) is 17.1 Å². The normalized spacial score (nSPS) is 11.5. The standard InChI is InChI=1S/C50H33NO/c1-2-14-38-32-40(31-26-34(38)12-1)39-16-9-17-41(33-39)51(47-23-11-25-49-50(47)45-20-6-8-24-48(45)52-49)46-22-7-5-19-44(46)37-29-27-36(28-30-37)43-21-10-15-35-13-3-4-18-42(35)43/h1-33H. The maximum Gasteiger partial charge on any atom is 0.137 e. The second kappa shape index (κ2) is 12.5. The van der Waals surface area contributed by atoms with Gasteiger partial charge in [-0.15, -0.1) is 0 Å². The number of hydrogen-bond donors (Lipinski definition) is 0. The summed E-state index contributed by atoms with van der Waals surface area (Å²) in [4.78, 5) is 2.41. The van der Waals surface area contributed by atoms with Gasteiger partial charge in [0.1, 0.15) is 11.2 Å². The lowest BCUT2D eigenvalue weighted by Crippen LogP contribution is -2.11. The lowest BCUT2D eigenvalue weighted by atomic mass is 9.95. The number of hydrogen-bond acceptors (Lipinski definition) is 2. The van der Waals surface area contributed by atoms with Crippen molar-refractivity contribution in [3.05, 3.63) is 200 Å². The van der Waals surface area contributed by atoms with Gasteiger partial charge in [0.05, 0.1) is 16.8 Å². The van der Waals surface area contributed by atoms with E-state index in [0.717, 1.165) is 55.7 Å². The van der Waals surface area contributed by atoms with Crippen molar-refractivity contribution >= 4 is 60.5 Å². The number of furan rings is 1. The average Bonchev–Trinajstić information content (AvgIpc) is 3.61. The molecule has 0 unspecified atom stereocenters. The highest BCUT2D eigenvalue weighted by Crippen LogP contribution is 2.46. The summed E-state index contributed by atoms with van der Waals surface area (Å²) in [5.41, 5.74) is 12.1. The van der Waals surface area contributed by atoms with Crippen molar-refractivity contribution in [1.29, 1.82) is 0 Å². The summed E-state index contributed by atoms with van der Waals surface area (Å²) in [5, 5.41) is 7.17. The zero-order valence-corrected chi connectivity index (χ0v) is 28.4. The molecule has 0 saturated heterocycles. The third kappa shape index (κ3) is 5.12. The minimum Gasteiger partial charge on any atom is -0.456 e. The third-order valence-electron chi connectivity index (χ3n) is 10.3. The molecule has 10 aromatic rings. The van der Waals surface area contributed by atoms with E-state index in [9.17, 15) is 0 Å². The Bertz CT molecular complexity index is 2910. The van der Waals surface area contributed by atoms with Crippen molar-refractivity contribution in [1.82, 2.24) is 0 Å². The Hall–Kier alpha value is -6.90. The van der Waals surface area contributed by atoms with Gasteiger partial charge in [0.15, 0.2) is 0 Å². The minimum absolute atomic E-state index is 0.867. The Labute approximate surface area is 302 Å². The molecule has 9 aromatic carbocycles. The number of benzene rings is 9. The van der Waals surface area contributed by atoms with Gasteiger partial charge in [-0.3, -0.25) is 0 Å². The molecule has 0 amide bonds. The average molecular weight is 664 g/mol. The number of rotatable bonds is 6. The van der Waals surface area contributed by atoms with Crippen molar-refractivity contribution in [3.63, 3.8) is 0 Å². The first-order valence-corrected chi connectivity index (χ1v) is 17.8. The highest BCUT2D eigenvalue weighted by Gasteiger charge is 2.22. The van der Waals surface area contributed by atoms with E-state index in [4.69, 9.17) is 4.42 Å². The van der Waals surface area contributed by atoms with Crippen LogP contribution in [-0.2, 0) is 0 Å². The first-order valence-electron chi connectivity index (χ1n) is 17.8. The van der Waals surface area contributed by atoms with Gasteiger partial charge in [-0.2, -0.15) is 0 Å². The van der Waals surface area contributed by atoms with Crippen LogP contribution in [-0.4, -0.2) is 0 Å². The fraction of sp³-hybridized carbons (Fsp3) is 0.